The molecule has 6 aliphatic heterocycles. The maximum Gasteiger partial charge on any atom is 0.475 e. The Balaban J connectivity index is 1.01. The molecule has 19 heteroatoms. The Hall–Kier alpha value is -5.58. The summed E-state index contributed by atoms with van der Waals surface area (Å²) in [5.74, 6) is 1.71. The predicted octanol–water partition coefficient (Wildman–Crippen LogP) is 11.7. The summed E-state index contributed by atoms with van der Waals surface area (Å²) in [5, 5.41) is 41.6. The number of phosphoric ester groups is 1. The monoisotopic (exact) mass is 1160 g/mol. The SMILES string of the molecule is CC(C)(COP(=O)(OCC(C)(C)CC(C)(C)OC1[C@H](N2CCCC2=O)c2cc(C#N)ccc2OC1(C)C)OC1C(N2CCCC2O)c2cc(C#N)ccc2OC1(C)C)CC(C)(C)OC1C(N2CCCC2=O)c2cc(C#N)ccc2OC1(C)C. The van der Waals surface area contributed by atoms with Crippen molar-refractivity contribution in [2.24, 2.45) is 10.8 Å². The molecule has 448 valence electrons. The predicted molar refractivity (Wildman–Crippen MR) is 309 cm³/mol. The number of nitriles is 3. The maximum atomic E-state index is 16.2. The molecule has 2 amide bonds. The fraction of sp³-hybridized carbons (Fsp3) is 0.641. The molecule has 6 aliphatic rings. The van der Waals surface area contributed by atoms with Gasteiger partial charge in [-0.2, -0.15) is 15.8 Å². The number of ether oxygens (including phenoxy) is 5. The van der Waals surface area contributed by atoms with Crippen LogP contribution in [0.2, 0.25) is 0 Å². The summed E-state index contributed by atoms with van der Waals surface area (Å²) >= 11 is 0. The van der Waals surface area contributed by atoms with E-state index in [2.05, 4.69) is 18.2 Å². The minimum Gasteiger partial charge on any atom is -0.485 e. The minimum atomic E-state index is -4.70. The van der Waals surface area contributed by atoms with Crippen LogP contribution in [-0.2, 0) is 37.2 Å². The zero-order valence-electron chi connectivity index (χ0n) is 51.0. The molecule has 18 nitrogen and oxygen atoms in total. The molecule has 7 unspecified atom stereocenters. The van der Waals surface area contributed by atoms with Gasteiger partial charge in [0, 0.05) is 49.2 Å². The topological polar surface area (TPSA) is 226 Å². The number of aliphatic hydroxyl groups is 1. The fourth-order valence-electron chi connectivity index (χ4n) is 14.0. The number of likely N-dealkylation sites (tertiary alicyclic amines) is 3. The van der Waals surface area contributed by atoms with Gasteiger partial charge in [0.2, 0.25) is 11.8 Å². The number of hydrogen-bond acceptors (Lipinski definition) is 16. The van der Waals surface area contributed by atoms with Crippen molar-refractivity contribution in [2.45, 2.75) is 219 Å². The summed E-state index contributed by atoms with van der Waals surface area (Å²) < 4.78 is 70.9. The van der Waals surface area contributed by atoms with Crippen molar-refractivity contribution in [1.29, 1.82) is 15.8 Å². The van der Waals surface area contributed by atoms with E-state index in [1.165, 1.54) is 0 Å². The molecule has 9 rings (SSSR count). The van der Waals surface area contributed by atoms with E-state index >= 15 is 4.57 Å². The van der Waals surface area contributed by atoms with E-state index < -0.39 is 89.3 Å². The summed E-state index contributed by atoms with van der Waals surface area (Å²) in [5.41, 5.74) is -3.11. The Kier molecular flexibility index (Phi) is 16.9. The average molecular weight is 1160 g/mol. The third-order valence-electron chi connectivity index (χ3n) is 17.1. The minimum absolute atomic E-state index is 0.00637. The van der Waals surface area contributed by atoms with Crippen LogP contribution in [0.1, 0.15) is 200 Å². The number of phosphoric acid groups is 1. The molecule has 83 heavy (non-hydrogen) atoms. The molecule has 0 radical (unpaired) electrons. The smallest absolute Gasteiger partial charge is 0.475 e. The third-order valence-corrected chi connectivity index (χ3v) is 18.5. The lowest BCUT2D eigenvalue weighted by Crippen LogP contribution is -2.57. The van der Waals surface area contributed by atoms with Crippen LogP contribution < -0.4 is 14.2 Å². The van der Waals surface area contributed by atoms with Crippen LogP contribution in [0, 0.1) is 44.8 Å². The van der Waals surface area contributed by atoms with Crippen LogP contribution >= 0.6 is 7.82 Å². The molecule has 3 aromatic carbocycles. The number of amides is 2. The van der Waals surface area contributed by atoms with Crippen molar-refractivity contribution >= 4 is 19.6 Å². The second-order valence-corrected chi connectivity index (χ2v) is 29.7. The molecule has 1 N–H and O–H groups in total. The van der Waals surface area contributed by atoms with Gasteiger partial charge < -0.3 is 38.6 Å². The molecule has 3 saturated heterocycles. The first-order valence-electron chi connectivity index (χ1n) is 29.3. The average Bonchev–Trinajstić information content (AvgIpc) is 3.80. The second-order valence-electron chi connectivity index (χ2n) is 28.1. The largest absolute Gasteiger partial charge is 0.485 e. The lowest BCUT2D eigenvalue weighted by molar-refractivity contribution is -0.191. The van der Waals surface area contributed by atoms with E-state index in [0.29, 0.717) is 122 Å². The fourth-order valence-corrected chi connectivity index (χ4v) is 15.9. The highest BCUT2D eigenvalue weighted by atomic mass is 31.2. The van der Waals surface area contributed by atoms with Crippen molar-refractivity contribution in [3.05, 3.63) is 88.0 Å². The molecule has 0 saturated carbocycles. The molecule has 8 atom stereocenters. The zero-order chi connectivity index (χ0) is 60.5. The summed E-state index contributed by atoms with van der Waals surface area (Å²) in [7, 11) is -4.70. The van der Waals surface area contributed by atoms with Crippen LogP contribution in [0.15, 0.2) is 54.6 Å². The highest BCUT2D eigenvalue weighted by Gasteiger charge is 2.56. The summed E-state index contributed by atoms with van der Waals surface area (Å²) in [6, 6.07) is 20.6. The van der Waals surface area contributed by atoms with E-state index in [1.54, 1.807) is 54.6 Å². The highest BCUT2D eigenvalue weighted by Crippen LogP contribution is 2.59. The molecule has 3 aromatic rings. The number of carbonyl (C=O) groups is 2. The normalized spacial score (nSPS) is 26.5. The molecular formula is C64H85N6O12P. The van der Waals surface area contributed by atoms with Crippen LogP contribution in [0.5, 0.6) is 17.2 Å². The number of rotatable bonds is 19. The van der Waals surface area contributed by atoms with Gasteiger partial charge in [0.25, 0.3) is 0 Å². The van der Waals surface area contributed by atoms with Gasteiger partial charge in [-0.3, -0.25) is 28.1 Å². The number of carbonyl (C=O) groups excluding carboxylic acids is 2. The Morgan fingerprint density at radius 2 is 0.952 bits per heavy atom. The van der Waals surface area contributed by atoms with E-state index in [9.17, 15) is 30.5 Å². The number of hydrogen-bond donors (Lipinski definition) is 1. The van der Waals surface area contributed by atoms with Gasteiger partial charge in [-0.1, -0.05) is 27.7 Å². The number of nitrogens with zero attached hydrogens (tertiary/aromatic N) is 6. The first-order valence-corrected chi connectivity index (χ1v) is 30.8. The second kappa shape index (κ2) is 22.7. The van der Waals surface area contributed by atoms with E-state index in [1.807, 2.05) is 112 Å². The lowest BCUT2D eigenvalue weighted by atomic mass is 9.80. The molecule has 0 bridgehead atoms. The van der Waals surface area contributed by atoms with E-state index in [0.717, 1.165) is 0 Å². The summed E-state index contributed by atoms with van der Waals surface area (Å²) in [6.45, 7) is 28.6. The molecule has 0 aliphatic carbocycles. The highest BCUT2D eigenvalue weighted by molar-refractivity contribution is 7.48. The first kappa shape index (κ1) is 62.0. The molecule has 3 fully saturated rings. The Morgan fingerprint density at radius 1 is 0.578 bits per heavy atom. The van der Waals surface area contributed by atoms with Crippen molar-refractivity contribution in [2.75, 3.05) is 32.8 Å². The van der Waals surface area contributed by atoms with Gasteiger partial charge in [0.05, 0.1) is 77.4 Å². The van der Waals surface area contributed by atoms with Gasteiger partial charge in [-0.05, 0) is 173 Å². The summed E-state index contributed by atoms with van der Waals surface area (Å²) in [4.78, 5) is 32.8. The standard InChI is InChI=1S/C64H85N6O12P/c1-58(2,36-60(5,6)80-55-52(68-27-15-18-49(68)71)43-30-40(33-65)21-24-46(43)77-62(55,9)10)38-75-83(74,82-57-54(70-29-17-20-51(70)73)45-32-42(35-67)23-26-48(45)79-64(57,13)14)76-39-59(3,4)37-61(7,8)81-56-53(69-28-16-19-50(69)72)44-31-41(34-66)22-25-47(44)78-63(56,11)12/h21-26,30-32,51-57,73H,15-20,27-29,36-39H2,1-14H3/t51?,52-,53?,54?,55?,56?,57?,83?/m1/s1. The molecule has 0 spiro atoms. The van der Waals surface area contributed by atoms with Crippen LogP contribution in [-0.4, -0.2) is 117 Å². The van der Waals surface area contributed by atoms with Crippen molar-refractivity contribution in [1.82, 2.24) is 14.7 Å². The maximum absolute atomic E-state index is 16.2. The number of benzene rings is 3. The van der Waals surface area contributed by atoms with Crippen molar-refractivity contribution in [3.8, 4) is 35.5 Å². The van der Waals surface area contributed by atoms with Crippen LogP contribution in [0.25, 0.3) is 0 Å². The Labute approximate surface area is 490 Å². The van der Waals surface area contributed by atoms with E-state index in [-0.39, 0.29) is 25.0 Å². The first-order chi connectivity index (χ1) is 38.7. The molecule has 0 aromatic heterocycles. The van der Waals surface area contributed by atoms with Crippen molar-refractivity contribution in [3.63, 3.8) is 0 Å². The summed E-state index contributed by atoms with van der Waals surface area (Å²) in [6.07, 6.45) is 0.857. The van der Waals surface area contributed by atoms with Gasteiger partial charge in [-0.15, -0.1) is 0 Å². The van der Waals surface area contributed by atoms with Gasteiger partial charge >= 0.3 is 7.82 Å². The van der Waals surface area contributed by atoms with Crippen LogP contribution in [0.4, 0.5) is 0 Å². The molecule has 6 heterocycles. The Morgan fingerprint density at radius 3 is 1.29 bits per heavy atom. The molecular weight excluding hydrogens is 1080 g/mol. The quantitative estimate of drug-likeness (QED) is 0.110. The lowest BCUT2D eigenvalue weighted by Gasteiger charge is -2.50. The van der Waals surface area contributed by atoms with Gasteiger partial charge in [0.15, 0.2) is 0 Å². The van der Waals surface area contributed by atoms with Crippen LogP contribution in [0.3, 0.4) is 0 Å². The number of fused-ring (bicyclic) bond motifs is 3. The third kappa shape index (κ3) is 13.1. The zero-order valence-corrected chi connectivity index (χ0v) is 51.9. The van der Waals surface area contributed by atoms with Gasteiger partial charge in [0.1, 0.15) is 58.6 Å². The Bertz CT molecular complexity index is 3000. The number of aliphatic hydroxyl groups excluding tert-OH is 1. The van der Waals surface area contributed by atoms with Crippen molar-refractivity contribution < 1.29 is 56.5 Å². The van der Waals surface area contributed by atoms with Gasteiger partial charge in [-0.25, -0.2) is 4.57 Å². The van der Waals surface area contributed by atoms with E-state index in [4.69, 9.17) is 37.3 Å².